The van der Waals surface area contributed by atoms with Gasteiger partial charge in [0.15, 0.2) is 0 Å². The topological polar surface area (TPSA) is 99.8 Å². The fraction of sp³-hybridized carbons (Fsp3) is 0.304. The highest BCUT2D eigenvalue weighted by Crippen LogP contribution is 2.25. The first-order chi connectivity index (χ1) is 15.8. The molecule has 1 aromatic heterocycles. The molecule has 3 rings (SSSR count). The Bertz CT molecular complexity index is 1120. The molecular formula is C23H25Cl2N5O2S. The van der Waals surface area contributed by atoms with Crippen molar-refractivity contribution in [1.29, 1.82) is 0 Å². The molecule has 0 aliphatic carbocycles. The summed E-state index contributed by atoms with van der Waals surface area (Å²) in [6.45, 7) is 6.00. The summed E-state index contributed by atoms with van der Waals surface area (Å²) in [5.41, 5.74) is 2.28. The number of thioether (sulfide) groups is 1. The quantitative estimate of drug-likeness (QED) is 0.332. The molecule has 0 bridgehead atoms. The molecule has 0 aliphatic rings. The molecule has 1 atom stereocenters. The number of halogens is 2. The lowest BCUT2D eigenvalue weighted by Crippen LogP contribution is -2.32. The van der Waals surface area contributed by atoms with E-state index in [0.717, 1.165) is 12.1 Å². The van der Waals surface area contributed by atoms with Crippen molar-refractivity contribution in [2.24, 2.45) is 5.92 Å². The van der Waals surface area contributed by atoms with Crippen molar-refractivity contribution in [2.45, 2.75) is 38.4 Å². The third kappa shape index (κ3) is 6.96. The molecule has 174 valence electrons. The zero-order valence-electron chi connectivity index (χ0n) is 18.5. The first-order valence-corrected chi connectivity index (χ1v) is 12.2. The Morgan fingerprint density at radius 1 is 1.12 bits per heavy atom. The summed E-state index contributed by atoms with van der Waals surface area (Å²) in [5, 5.41) is 14.0. The van der Waals surface area contributed by atoms with Gasteiger partial charge in [0, 0.05) is 10.7 Å². The molecule has 0 saturated carbocycles. The molecule has 0 aliphatic heterocycles. The molecule has 0 saturated heterocycles. The number of hydrogen-bond donors (Lipinski definition) is 3. The van der Waals surface area contributed by atoms with Gasteiger partial charge >= 0.3 is 0 Å². The summed E-state index contributed by atoms with van der Waals surface area (Å²) in [4.78, 5) is 29.5. The molecule has 3 aromatic rings. The van der Waals surface area contributed by atoms with E-state index in [2.05, 4.69) is 32.7 Å². The summed E-state index contributed by atoms with van der Waals surface area (Å²) in [6, 6.07) is 12.0. The minimum absolute atomic E-state index is 0.0280. The summed E-state index contributed by atoms with van der Waals surface area (Å²) in [5.74, 6) is 0.198. The van der Waals surface area contributed by atoms with E-state index >= 15 is 0 Å². The second-order valence-corrected chi connectivity index (χ2v) is 9.50. The molecule has 3 N–H and O–H groups in total. The number of hydrogen-bond acceptors (Lipinski definition) is 5. The van der Waals surface area contributed by atoms with Gasteiger partial charge < -0.3 is 10.6 Å². The lowest BCUT2D eigenvalue weighted by Gasteiger charge is -2.20. The van der Waals surface area contributed by atoms with E-state index in [1.54, 1.807) is 12.1 Å². The number of nitrogens with one attached hydrogen (secondary N) is 3. The Hall–Kier alpha value is -2.55. The average molecular weight is 506 g/mol. The minimum Gasteiger partial charge on any atom is -0.342 e. The van der Waals surface area contributed by atoms with Crippen LogP contribution in [0.5, 0.6) is 0 Å². The minimum atomic E-state index is -0.419. The summed E-state index contributed by atoms with van der Waals surface area (Å²) in [6.07, 6.45) is 0.946. The predicted molar refractivity (Wildman–Crippen MR) is 133 cm³/mol. The molecule has 10 heteroatoms. The van der Waals surface area contributed by atoms with Gasteiger partial charge in [-0.2, -0.15) is 0 Å². The molecular weight excluding hydrogens is 481 g/mol. The normalized spacial score (nSPS) is 11.9. The monoisotopic (exact) mass is 505 g/mol. The number of aryl methyl sites for hydroxylation is 1. The van der Waals surface area contributed by atoms with Crippen LogP contribution in [0.1, 0.15) is 48.6 Å². The van der Waals surface area contributed by atoms with Crippen molar-refractivity contribution in [3.63, 3.8) is 0 Å². The number of rotatable bonds is 9. The fourth-order valence-electron chi connectivity index (χ4n) is 3.06. The predicted octanol–water partition coefficient (Wildman–Crippen LogP) is 5.53. The fourth-order valence-corrected chi connectivity index (χ4v) is 4.16. The van der Waals surface area contributed by atoms with Gasteiger partial charge in [-0.15, -0.1) is 5.10 Å². The third-order valence-electron chi connectivity index (χ3n) is 4.88. The van der Waals surface area contributed by atoms with Gasteiger partial charge in [-0.05, 0) is 48.2 Å². The van der Waals surface area contributed by atoms with Crippen LogP contribution in [0, 0.1) is 5.92 Å². The van der Waals surface area contributed by atoms with Crippen molar-refractivity contribution >= 4 is 52.5 Å². The number of amides is 2. The van der Waals surface area contributed by atoms with E-state index in [-0.39, 0.29) is 28.5 Å². The van der Waals surface area contributed by atoms with Gasteiger partial charge in [-0.3, -0.25) is 14.7 Å². The number of aromatic nitrogens is 3. The van der Waals surface area contributed by atoms with Gasteiger partial charge in [0.25, 0.3) is 5.91 Å². The molecule has 2 amide bonds. The van der Waals surface area contributed by atoms with Gasteiger partial charge in [0.1, 0.15) is 5.82 Å². The van der Waals surface area contributed by atoms with E-state index in [1.807, 2.05) is 38.1 Å². The van der Waals surface area contributed by atoms with Crippen LogP contribution in [0.15, 0.2) is 47.6 Å². The summed E-state index contributed by atoms with van der Waals surface area (Å²) >= 11 is 13.3. The Morgan fingerprint density at radius 2 is 1.85 bits per heavy atom. The molecule has 7 nitrogen and oxygen atoms in total. The first-order valence-electron chi connectivity index (χ1n) is 10.5. The third-order valence-corrected chi connectivity index (χ3v) is 6.28. The molecule has 2 aromatic carbocycles. The highest BCUT2D eigenvalue weighted by molar-refractivity contribution is 7.99. The molecule has 0 fully saturated rings. The Morgan fingerprint density at radius 3 is 2.48 bits per heavy atom. The lowest BCUT2D eigenvalue weighted by molar-refractivity contribution is -0.113. The maximum absolute atomic E-state index is 12.7. The number of anilines is 1. The van der Waals surface area contributed by atoms with Crippen LogP contribution < -0.4 is 10.6 Å². The number of aromatic amines is 1. The first kappa shape index (κ1) is 25.1. The number of carbonyl (C=O) groups excluding carboxylic acids is 2. The zero-order chi connectivity index (χ0) is 24.0. The highest BCUT2D eigenvalue weighted by atomic mass is 35.5. The number of H-pyrrole nitrogens is 1. The van der Waals surface area contributed by atoms with Gasteiger partial charge in [0.2, 0.25) is 11.1 Å². The maximum Gasteiger partial charge on any atom is 0.253 e. The Kier molecular flexibility index (Phi) is 8.77. The van der Waals surface area contributed by atoms with E-state index in [9.17, 15) is 9.59 Å². The molecule has 0 radical (unpaired) electrons. The van der Waals surface area contributed by atoms with E-state index in [0.29, 0.717) is 21.6 Å². The van der Waals surface area contributed by atoms with Crippen LogP contribution in [-0.4, -0.2) is 32.7 Å². The van der Waals surface area contributed by atoms with Gasteiger partial charge in [-0.25, -0.2) is 4.98 Å². The van der Waals surface area contributed by atoms with Crippen LogP contribution in [0.2, 0.25) is 10.0 Å². The van der Waals surface area contributed by atoms with Crippen molar-refractivity contribution in [2.75, 3.05) is 11.1 Å². The zero-order valence-corrected chi connectivity index (χ0v) is 20.8. The SMILES string of the molecule is CCc1ccc(NC(=O)CSc2n[nH]c([C@@H](NC(=O)c3ccc(Cl)cc3Cl)C(C)C)n2)cc1. The number of carbonyl (C=O) groups is 2. The van der Waals surface area contributed by atoms with E-state index < -0.39 is 6.04 Å². The van der Waals surface area contributed by atoms with Crippen LogP contribution in [0.4, 0.5) is 5.69 Å². The van der Waals surface area contributed by atoms with E-state index in [4.69, 9.17) is 23.2 Å². The van der Waals surface area contributed by atoms with Crippen LogP contribution in [-0.2, 0) is 11.2 Å². The van der Waals surface area contributed by atoms with Crippen LogP contribution in [0.25, 0.3) is 0 Å². The second kappa shape index (κ2) is 11.5. The van der Waals surface area contributed by atoms with Crippen molar-refractivity contribution < 1.29 is 9.59 Å². The Balaban J connectivity index is 1.60. The van der Waals surface area contributed by atoms with E-state index in [1.165, 1.54) is 23.4 Å². The van der Waals surface area contributed by atoms with Crippen LogP contribution in [0.3, 0.4) is 0 Å². The molecule has 0 unspecified atom stereocenters. The molecule has 0 spiro atoms. The van der Waals surface area contributed by atoms with Crippen molar-refractivity contribution in [3.05, 3.63) is 69.5 Å². The van der Waals surface area contributed by atoms with Crippen molar-refractivity contribution in [3.8, 4) is 0 Å². The molecule has 33 heavy (non-hydrogen) atoms. The van der Waals surface area contributed by atoms with Crippen LogP contribution >= 0.6 is 35.0 Å². The Labute approximate surface area is 207 Å². The second-order valence-electron chi connectivity index (χ2n) is 7.71. The largest absolute Gasteiger partial charge is 0.342 e. The van der Waals surface area contributed by atoms with Gasteiger partial charge in [0.05, 0.1) is 22.4 Å². The smallest absolute Gasteiger partial charge is 0.253 e. The summed E-state index contributed by atoms with van der Waals surface area (Å²) < 4.78 is 0. The maximum atomic E-state index is 12.7. The number of benzene rings is 2. The standard InChI is InChI=1S/C23H25Cl2N5O2S/c1-4-14-5-8-16(9-6-14)26-19(31)12-33-23-28-21(29-30-23)20(13(2)3)27-22(32)17-10-7-15(24)11-18(17)25/h5-11,13,20H,4,12H2,1-3H3,(H,26,31)(H,27,32)(H,28,29,30)/t20-/m0/s1. The average Bonchev–Trinajstić information content (AvgIpc) is 3.25. The number of nitrogens with zero attached hydrogens (tertiary/aromatic N) is 2. The molecule has 1 heterocycles. The lowest BCUT2D eigenvalue weighted by atomic mass is 10.0. The van der Waals surface area contributed by atoms with Crippen molar-refractivity contribution in [1.82, 2.24) is 20.5 Å². The van der Waals surface area contributed by atoms with Gasteiger partial charge in [-0.1, -0.05) is 67.9 Å². The summed E-state index contributed by atoms with van der Waals surface area (Å²) in [7, 11) is 0. The highest BCUT2D eigenvalue weighted by Gasteiger charge is 2.24.